The highest BCUT2D eigenvalue weighted by Crippen LogP contribution is 2.00. The molecule has 0 aromatic carbocycles. The Morgan fingerprint density at radius 2 is 1.93 bits per heavy atom. The number of carbonyl (C=O) groups is 1. The van der Waals surface area contributed by atoms with Gasteiger partial charge >= 0.3 is 6.16 Å². The van der Waals surface area contributed by atoms with E-state index >= 15 is 0 Å². The van der Waals surface area contributed by atoms with Crippen LogP contribution in [0, 0.1) is 0 Å². The van der Waals surface area contributed by atoms with E-state index in [1.807, 2.05) is 13.8 Å². The van der Waals surface area contributed by atoms with Crippen LogP contribution in [0.2, 0.25) is 0 Å². The minimum atomic E-state index is -0.655. The van der Waals surface area contributed by atoms with Crippen molar-refractivity contribution in [1.29, 1.82) is 0 Å². The molecule has 0 amide bonds. The highest BCUT2D eigenvalue weighted by atomic mass is 16.7. The molecule has 0 aromatic heterocycles. The molecular formula is C10H20O5. The number of carbonyl (C=O) groups excluding carboxylic acids is 1. The van der Waals surface area contributed by atoms with Crippen molar-refractivity contribution < 1.29 is 23.7 Å². The molecule has 5 nitrogen and oxygen atoms in total. The fourth-order valence-electron chi connectivity index (χ4n) is 0.699. The number of rotatable bonds is 7. The van der Waals surface area contributed by atoms with Gasteiger partial charge in [0.2, 0.25) is 0 Å². The van der Waals surface area contributed by atoms with Crippen LogP contribution in [0.15, 0.2) is 0 Å². The Hall–Kier alpha value is -0.810. The summed E-state index contributed by atoms with van der Waals surface area (Å²) in [6.45, 7) is 5.88. The Morgan fingerprint density at radius 1 is 1.27 bits per heavy atom. The van der Waals surface area contributed by atoms with E-state index in [4.69, 9.17) is 18.9 Å². The molecule has 0 fully saturated rings. The topological polar surface area (TPSA) is 54.0 Å². The predicted molar refractivity (Wildman–Crippen MR) is 54.6 cm³/mol. The number of ether oxygens (including phenoxy) is 4. The second-order valence-electron chi connectivity index (χ2n) is 3.28. The van der Waals surface area contributed by atoms with Crippen LogP contribution in [0.3, 0.4) is 0 Å². The third-order valence-corrected chi connectivity index (χ3v) is 1.78. The summed E-state index contributed by atoms with van der Waals surface area (Å²) in [6.07, 6.45) is -0.204. The SMILES string of the molecule is CCC(C)OC(=O)OCC(C)OCOC. The van der Waals surface area contributed by atoms with E-state index in [2.05, 4.69) is 0 Å². The number of methoxy groups -OCH3 is 1. The molecule has 0 aliphatic heterocycles. The summed E-state index contributed by atoms with van der Waals surface area (Å²) in [6, 6.07) is 0. The highest BCUT2D eigenvalue weighted by molar-refractivity contribution is 5.60. The molecule has 5 heteroatoms. The number of hydrogen-bond donors (Lipinski definition) is 0. The molecule has 0 spiro atoms. The fourth-order valence-corrected chi connectivity index (χ4v) is 0.699. The summed E-state index contributed by atoms with van der Waals surface area (Å²) in [4.78, 5) is 11.1. The maximum absolute atomic E-state index is 11.1. The van der Waals surface area contributed by atoms with Crippen LogP contribution in [0.5, 0.6) is 0 Å². The van der Waals surface area contributed by atoms with Gasteiger partial charge in [-0.15, -0.1) is 0 Å². The van der Waals surface area contributed by atoms with E-state index in [1.165, 1.54) is 7.11 Å². The first kappa shape index (κ1) is 14.2. The molecule has 0 saturated carbocycles. The molecule has 0 bridgehead atoms. The van der Waals surface area contributed by atoms with Crippen molar-refractivity contribution in [1.82, 2.24) is 0 Å². The standard InChI is InChI=1S/C10H20O5/c1-5-8(2)15-10(11)13-6-9(3)14-7-12-4/h8-9H,5-7H2,1-4H3. The summed E-state index contributed by atoms with van der Waals surface area (Å²) >= 11 is 0. The van der Waals surface area contributed by atoms with Crippen molar-refractivity contribution in [2.75, 3.05) is 20.5 Å². The van der Waals surface area contributed by atoms with E-state index in [1.54, 1.807) is 6.92 Å². The normalized spacial score (nSPS) is 14.4. The average Bonchev–Trinajstić information content (AvgIpc) is 2.23. The first-order chi connectivity index (χ1) is 7.10. The van der Waals surface area contributed by atoms with Gasteiger partial charge in [-0.1, -0.05) is 6.92 Å². The molecule has 0 aliphatic carbocycles. The Morgan fingerprint density at radius 3 is 2.47 bits per heavy atom. The van der Waals surface area contributed by atoms with Gasteiger partial charge < -0.3 is 18.9 Å². The summed E-state index contributed by atoms with van der Waals surface area (Å²) in [5, 5.41) is 0. The Kier molecular flexibility index (Phi) is 8.04. The highest BCUT2D eigenvalue weighted by Gasteiger charge is 2.11. The smallest absolute Gasteiger partial charge is 0.432 e. The summed E-state index contributed by atoms with van der Waals surface area (Å²) in [5.74, 6) is 0. The van der Waals surface area contributed by atoms with Gasteiger partial charge in [0.1, 0.15) is 19.5 Å². The van der Waals surface area contributed by atoms with Crippen LogP contribution in [0.4, 0.5) is 4.79 Å². The minimum absolute atomic E-state index is 0.118. The van der Waals surface area contributed by atoms with Crippen LogP contribution in [-0.4, -0.2) is 38.9 Å². The molecule has 2 atom stereocenters. The molecule has 0 N–H and O–H groups in total. The number of hydrogen-bond acceptors (Lipinski definition) is 5. The molecular weight excluding hydrogens is 200 g/mol. The Labute approximate surface area is 90.6 Å². The van der Waals surface area contributed by atoms with Crippen molar-refractivity contribution in [2.24, 2.45) is 0 Å². The third-order valence-electron chi connectivity index (χ3n) is 1.78. The molecule has 0 rings (SSSR count). The maximum Gasteiger partial charge on any atom is 0.508 e. The van der Waals surface area contributed by atoms with Crippen molar-refractivity contribution in [2.45, 2.75) is 39.4 Å². The second-order valence-corrected chi connectivity index (χ2v) is 3.28. The van der Waals surface area contributed by atoms with Gasteiger partial charge in [0.25, 0.3) is 0 Å². The van der Waals surface area contributed by atoms with Gasteiger partial charge in [-0.25, -0.2) is 4.79 Å². The lowest BCUT2D eigenvalue weighted by Crippen LogP contribution is -2.22. The lowest BCUT2D eigenvalue weighted by Gasteiger charge is -2.14. The molecule has 0 radical (unpaired) electrons. The van der Waals surface area contributed by atoms with Crippen LogP contribution in [-0.2, 0) is 18.9 Å². The van der Waals surface area contributed by atoms with Crippen molar-refractivity contribution in [3.05, 3.63) is 0 Å². The average molecular weight is 220 g/mol. The lowest BCUT2D eigenvalue weighted by atomic mass is 10.3. The zero-order chi connectivity index (χ0) is 11.7. The zero-order valence-corrected chi connectivity index (χ0v) is 9.82. The third kappa shape index (κ3) is 8.20. The van der Waals surface area contributed by atoms with E-state index in [-0.39, 0.29) is 25.6 Å². The molecule has 15 heavy (non-hydrogen) atoms. The van der Waals surface area contributed by atoms with Gasteiger partial charge in [0.15, 0.2) is 0 Å². The molecule has 0 saturated heterocycles. The van der Waals surface area contributed by atoms with Crippen LogP contribution in [0.1, 0.15) is 27.2 Å². The van der Waals surface area contributed by atoms with E-state index < -0.39 is 6.16 Å². The van der Waals surface area contributed by atoms with Crippen LogP contribution < -0.4 is 0 Å². The fraction of sp³-hybridized carbons (Fsp3) is 0.900. The van der Waals surface area contributed by atoms with Crippen molar-refractivity contribution >= 4 is 6.16 Å². The summed E-state index contributed by atoms with van der Waals surface area (Å²) < 4.78 is 19.6. The van der Waals surface area contributed by atoms with Crippen LogP contribution in [0.25, 0.3) is 0 Å². The summed E-state index contributed by atoms with van der Waals surface area (Å²) in [5.41, 5.74) is 0. The molecule has 2 unspecified atom stereocenters. The molecule has 90 valence electrons. The Balaban J connectivity index is 3.52. The van der Waals surface area contributed by atoms with Crippen molar-refractivity contribution in [3.8, 4) is 0 Å². The first-order valence-corrected chi connectivity index (χ1v) is 5.04. The van der Waals surface area contributed by atoms with Gasteiger partial charge in [-0.2, -0.15) is 0 Å². The van der Waals surface area contributed by atoms with E-state index in [0.717, 1.165) is 6.42 Å². The molecule has 0 heterocycles. The monoisotopic (exact) mass is 220 g/mol. The maximum atomic E-state index is 11.1. The predicted octanol–water partition coefficient (Wildman–Crippen LogP) is 1.95. The molecule has 0 aliphatic rings. The lowest BCUT2D eigenvalue weighted by molar-refractivity contribution is -0.0876. The first-order valence-electron chi connectivity index (χ1n) is 5.04. The minimum Gasteiger partial charge on any atom is -0.432 e. The zero-order valence-electron chi connectivity index (χ0n) is 9.82. The van der Waals surface area contributed by atoms with Crippen LogP contribution >= 0.6 is 0 Å². The Bertz CT molecular complexity index is 171. The molecule has 0 aromatic rings. The summed E-state index contributed by atoms with van der Waals surface area (Å²) in [7, 11) is 1.53. The van der Waals surface area contributed by atoms with Gasteiger partial charge in [-0.05, 0) is 20.3 Å². The quantitative estimate of drug-likeness (QED) is 0.485. The van der Waals surface area contributed by atoms with E-state index in [9.17, 15) is 4.79 Å². The van der Waals surface area contributed by atoms with Crippen molar-refractivity contribution in [3.63, 3.8) is 0 Å². The second kappa shape index (κ2) is 8.49. The van der Waals surface area contributed by atoms with Gasteiger partial charge in [-0.3, -0.25) is 0 Å². The largest absolute Gasteiger partial charge is 0.508 e. The van der Waals surface area contributed by atoms with E-state index in [0.29, 0.717) is 0 Å². The van der Waals surface area contributed by atoms with Gasteiger partial charge in [0, 0.05) is 7.11 Å². The van der Waals surface area contributed by atoms with Gasteiger partial charge in [0.05, 0.1) is 6.10 Å².